The van der Waals surface area contributed by atoms with E-state index in [9.17, 15) is 9.90 Å². The van der Waals surface area contributed by atoms with Gasteiger partial charge in [-0.2, -0.15) is 0 Å². The highest BCUT2D eigenvalue weighted by Gasteiger charge is 2.15. The van der Waals surface area contributed by atoms with Crippen molar-refractivity contribution in [2.24, 2.45) is 0 Å². The number of carbonyl (C=O) groups is 1. The number of carboxylic acids is 1. The molecule has 4 nitrogen and oxygen atoms in total. The summed E-state index contributed by atoms with van der Waals surface area (Å²) in [4.78, 5) is 15.7. The van der Waals surface area contributed by atoms with Gasteiger partial charge in [-0.3, -0.25) is 4.57 Å². The molecular formula is C15H11BrN2O2. The van der Waals surface area contributed by atoms with E-state index in [1.165, 1.54) is 0 Å². The molecule has 2 aromatic carbocycles. The van der Waals surface area contributed by atoms with Crippen molar-refractivity contribution in [1.29, 1.82) is 0 Å². The minimum absolute atomic E-state index is 0.244. The van der Waals surface area contributed by atoms with Crippen LogP contribution in [0.3, 0.4) is 0 Å². The minimum atomic E-state index is -0.957. The van der Waals surface area contributed by atoms with E-state index in [4.69, 9.17) is 0 Å². The van der Waals surface area contributed by atoms with E-state index in [0.717, 1.165) is 15.7 Å². The summed E-state index contributed by atoms with van der Waals surface area (Å²) in [5.41, 5.74) is 3.47. The number of aromatic carboxylic acids is 1. The van der Waals surface area contributed by atoms with Gasteiger partial charge in [-0.05, 0) is 46.6 Å². The van der Waals surface area contributed by atoms with E-state index >= 15 is 0 Å². The Hall–Kier alpha value is -2.14. The van der Waals surface area contributed by atoms with E-state index in [0.29, 0.717) is 11.0 Å². The predicted molar refractivity (Wildman–Crippen MR) is 80.5 cm³/mol. The van der Waals surface area contributed by atoms with Crippen LogP contribution in [-0.4, -0.2) is 20.6 Å². The Bertz CT molecular complexity index is 824. The smallest absolute Gasteiger partial charge is 0.337 e. The molecule has 100 valence electrons. The van der Waals surface area contributed by atoms with Crippen LogP contribution in [0.25, 0.3) is 16.7 Å². The molecular weight excluding hydrogens is 320 g/mol. The first-order valence-electron chi connectivity index (χ1n) is 6.04. The normalized spacial score (nSPS) is 10.9. The highest BCUT2D eigenvalue weighted by atomic mass is 79.9. The first kappa shape index (κ1) is 12.9. The molecule has 0 atom stereocenters. The molecule has 5 heteroatoms. The largest absolute Gasteiger partial charge is 0.478 e. The number of imidazole rings is 1. The molecule has 1 N–H and O–H groups in total. The third kappa shape index (κ3) is 1.91. The number of hydrogen-bond donors (Lipinski definition) is 1. The van der Waals surface area contributed by atoms with Gasteiger partial charge in [-0.15, -0.1) is 0 Å². The first-order chi connectivity index (χ1) is 9.59. The Morgan fingerprint density at radius 1 is 1.25 bits per heavy atom. The minimum Gasteiger partial charge on any atom is -0.478 e. The molecule has 0 amide bonds. The van der Waals surface area contributed by atoms with Gasteiger partial charge >= 0.3 is 5.97 Å². The van der Waals surface area contributed by atoms with Crippen LogP contribution < -0.4 is 0 Å². The molecule has 0 radical (unpaired) electrons. The number of rotatable bonds is 2. The maximum Gasteiger partial charge on any atom is 0.337 e. The average molecular weight is 331 g/mol. The van der Waals surface area contributed by atoms with Crippen LogP contribution in [0.15, 0.2) is 47.2 Å². The standard InChI is InChI=1S/C15H11BrN2O2/c1-9-4-2-7-12(13(9)16)18-8-17-11-6-3-5-10(14(11)18)15(19)20/h2-8H,1H3,(H,19,20). The zero-order valence-electron chi connectivity index (χ0n) is 10.7. The van der Waals surface area contributed by atoms with Crippen LogP contribution in [-0.2, 0) is 0 Å². The predicted octanol–water partition coefficient (Wildman–Crippen LogP) is 3.79. The molecule has 1 aromatic heterocycles. The summed E-state index contributed by atoms with van der Waals surface area (Å²) in [5.74, 6) is -0.957. The van der Waals surface area contributed by atoms with Crippen LogP contribution >= 0.6 is 15.9 Å². The van der Waals surface area contributed by atoms with Gasteiger partial charge in [-0.25, -0.2) is 9.78 Å². The van der Waals surface area contributed by atoms with Crippen molar-refractivity contribution in [3.63, 3.8) is 0 Å². The number of benzene rings is 2. The second-order valence-corrected chi connectivity index (χ2v) is 5.29. The monoisotopic (exact) mass is 330 g/mol. The molecule has 0 unspecified atom stereocenters. The molecule has 3 aromatic rings. The summed E-state index contributed by atoms with van der Waals surface area (Å²) in [6.07, 6.45) is 1.65. The zero-order chi connectivity index (χ0) is 14.3. The maximum atomic E-state index is 11.4. The lowest BCUT2D eigenvalue weighted by Gasteiger charge is -2.10. The van der Waals surface area contributed by atoms with E-state index in [1.807, 2.05) is 31.2 Å². The van der Waals surface area contributed by atoms with Gasteiger partial charge in [0, 0.05) is 4.47 Å². The number of para-hydroxylation sites is 1. The summed E-state index contributed by atoms with van der Waals surface area (Å²) >= 11 is 3.55. The lowest BCUT2D eigenvalue weighted by Crippen LogP contribution is -2.02. The molecule has 0 spiro atoms. The van der Waals surface area contributed by atoms with Crippen LogP contribution in [0.2, 0.25) is 0 Å². The second kappa shape index (κ2) is 4.76. The quantitative estimate of drug-likeness (QED) is 0.777. The summed E-state index contributed by atoms with van der Waals surface area (Å²) in [6.45, 7) is 1.99. The SMILES string of the molecule is Cc1cccc(-n2cnc3cccc(C(=O)O)c32)c1Br. The molecule has 20 heavy (non-hydrogen) atoms. The van der Waals surface area contributed by atoms with Gasteiger partial charge in [0.2, 0.25) is 0 Å². The lowest BCUT2D eigenvalue weighted by molar-refractivity contribution is 0.0698. The molecule has 0 aliphatic heterocycles. The fourth-order valence-corrected chi connectivity index (χ4v) is 2.69. The molecule has 3 rings (SSSR count). The van der Waals surface area contributed by atoms with Gasteiger partial charge < -0.3 is 5.11 Å². The van der Waals surface area contributed by atoms with Gasteiger partial charge in [0.05, 0.1) is 22.3 Å². The molecule has 0 bridgehead atoms. The fourth-order valence-electron chi connectivity index (χ4n) is 2.24. The summed E-state index contributed by atoms with van der Waals surface area (Å²) in [5, 5.41) is 9.34. The maximum absolute atomic E-state index is 11.4. The second-order valence-electron chi connectivity index (χ2n) is 4.50. The van der Waals surface area contributed by atoms with Crippen molar-refractivity contribution in [1.82, 2.24) is 9.55 Å². The topological polar surface area (TPSA) is 55.1 Å². The van der Waals surface area contributed by atoms with Gasteiger partial charge in [0.1, 0.15) is 6.33 Å². The molecule has 0 fully saturated rings. The highest BCUT2D eigenvalue weighted by molar-refractivity contribution is 9.10. The number of aromatic nitrogens is 2. The van der Waals surface area contributed by atoms with Gasteiger partial charge in [0.15, 0.2) is 0 Å². The Morgan fingerprint density at radius 2 is 2.00 bits per heavy atom. The van der Waals surface area contributed by atoms with Crippen molar-refractivity contribution >= 4 is 32.9 Å². The van der Waals surface area contributed by atoms with Crippen molar-refractivity contribution in [3.8, 4) is 5.69 Å². The third-order valence-corrected chi connectivity index (χ3v) is 4.26. The number of halogens is 1. The van der Waals surface area contributed by atoms with E-state index in [2.05, 4.69) is 20.9 Å². The highest BCUT2D eigenvalue weighted by Crippen LogP contribution is 2.29. The van der Waals surface area contributed by atoms with Gasteiger partial charge in [0.25, 0.3) is 0 Å². The molecule has 0 aliphatic rings. The number of carboxylic acid groups (broad SMARTS) is 1. The Labute approximate surface area is 123 Å². The van der Waals surface area contributed by atoms with E-state index < -0.39 is 5.97 Å². The molecule has 0 saturated heterocycles. The van der Waals surface area contributed by atoms with Crippen LogP contribution in [0.1, 0.15) is 15.9 Å². The molecule has 1 heterocycles. The third-order valence-electron chi connectivity index (χ3n) is 3.23. The van der Waals surface area contributed by atoms with E-state index in [1.54, 1.807) is 23.0 Å². The van der Waals surface area contributed by atoms with Crippen LogP contribution in [0, 0.1) is 6.92 Å². The zero-order valence-corrected chi connectivity index (χ0v) is 12.3. The van der Waals surface area contributed by atoms with Crippen molar-refractivity contribution < 1.29 is 9.90 Å². The Morgan fingerprint density at radius 3 is 2.75 bits per heavy atom. The lowest BCUT2D eigenvalue weighted by atomic mass is 10.1. The van der Waals surface area contributed by atoms with Crippen molar-refractivity contribution in [2.75, 3.05) is 0 Å². The molecule has 0 saturated carbocycles. The molecule has 0 aliphatic carbocycles. The van der Waals surface area contributed by atoms with Crippen LogP contribution in [0.4, 0.5) is 0 Å². The first-order valence-corrected chi connectivity index (χ1v) is 6.83. The van der Waals surface area contributed by atoms with Crippen LogP contribution in [0.5, 0.6) is 0 Å². The Kier molecular flexibility index (Phi) is 3.06. The fraction of sp³-hybridized carbons (Fsp3) is 0.0667. The van der Waals surface area contributed by atoms with Crippen molar-refractivity contribution in [2.45, 2.75) is 6.92 Å². The summed E-state index contributed by atoms with van der Waals surface area (Å²) in [7, 11) is 0. The number of aryl methyl sites for hydroxylation is 1. The Balaban J connectivity index is 2.38. The van der Waals surface area contributed by atoms with Gasteiger partial charge in [-0.1, -0.05) is 18.2 Å². The number of fused-ring (bicyclic) bond motifs is 1. The summed E-state index contributed by atoms with van der Waals surface area (Å²) < 4.78 is 2.73. The summed E-state index contributed by atoms with van der Waals surface area (Å²) in [6, 6.07) is 11.0. The van der Waals surface area contributed by atoms with E-state index in [-0.39, 0.29) is 5.56 Å². The average Bonchev–Trinajstić information content (AvgIpc) is 2.85. The number of hydrogen-bond acceptors (Lipinski definition) is 2. The van der Waals surface area contributed by atoms with Crippen molar-refractivity contribution in [3.05, 3.63) is 58.3 Å². The number of nitrogens with zero attached hydrogens (tertiary/aromatic N) is 2.